The lowest BCUT2D eigenvalue weighted by Gasteiger charge is -2.10. The molecule has 0 aliphatic carbocycles. The molecule has 11 nitrogen and oxygen atoms in total. The highest BCUT2D eigenvalue weighted by Gasteiger charge is 2.19. The van der Waals surface area contributed by atoms with Gasteiger partial charge in [0, 0.05) is 29.7 Å². The van der Waals surface area contributed by atoms with Crippen LogP contribution in [0, 0.1) is 22.9 Å². The van der Waals surface area contributed by atoms with Crippen LogP contribution in [-0.2, 0) is 0 Å². The largest absolute Gasteiger partial charge is 0.322 e. The van der Waals surface area contributed by atoms with E-state index in [9.17, 15) is 19.3 Å². The number of aryl methyl sites for hydroxylation is 1. The van der Waals surface area contributed by atoms with Crippen molar-refractivity contribution in [3.05, 3.63) is 82.4 Å². The lowest BCUT2D eigenvalue weighted by Crippen LogP contribution is -2.13. The number of nitrogens with zero attached hydrogens (tertiary/aromatic N) is 7. The topological polar surface area (TPSA) is 134 Å². The zero-order valence-corrected chi connectivity index (χ0v) is 15.4. The van der Waals surface area contributed by atoms with Crippen LogP contribution in [-0.4, -0.2) is 40.6 Å². The van der Waals surface area contributed by atoms with Gasteiger partial charge in [0.1, 0.15) is 17.2 Å². The summed E-state index contributed by atoms with van der Waals surface area (Å²) in [6.45, 7) is 1.60. The molecule has 30 heavy (non-hydrogen) atoms. The van der Waals surface area contributed by atoms with E-state index >= 15 is 0 Å². The molecule has 0 saturated carbocycles. The van der Waals surface area contributed by atoms with Crippen LogP contribution in [0.4, 0.5) is 15.8 Å². The van der Waals surface area contributed by atoms with Crippen molar-refractivity contribution in [2.24, 2.45) is 0 Å². The van der Waals surface area contributed by atoms with Gasteiger partial charge in [0.2, 0.25) is 0 Å². The quantitative estimate of drug-likeness (QED) is 0.396. The SMILES string of the molecule is Cc1nnnn1-c1cc(NC(=O)c2ccc(-n3ccnc3)c([N+](=O)[O-])c2)ccc1F. The van der Waals surface area contributed by atoms with Crippen molar-refractivity contribution >= 4 is 17.3 Å². The minimum absolute atomic E-state index is 0.0525. The van der Waals surface area contributed by atoms with Crippen LogP contribution in [0.25, 0.3) is 11.4 Å². The van der Waals surface area contributed by atoms with Crippen LogP contribution < -0.4 is 5.32 Å². The van der Waals surface area contributed by atoms with Crippen LogP contribution in [0.1, 0.15) is 16.2 Å². The molecule has 1 N–H and O–H groups in total. The average molecular weight is 408 g/mol. The summed E-state index contributed by atoms with van der Waals surface area (Å²) in [5.74, 6) is -0.812. The van der Waals surface area contributed by atoms with Gasteiger partial charge < -0.3 is 9.88 Å². The van der Waals surface area contributed by atoms with Gasteiger partial charge >= 0.3 is 0 Å². The Balaban J connectivity index is 1.64. The molecule has 12 heteroatoms. The lowest BCUT2D eigenvalue weighted by atomic mass is 10.1. The number of nitro groups is 1. The molecule has 2 aromatic heterocycles. The Hall–Kier alpha value is -4.48. The number of hydrogen-bond acceptors (Lipinski definition) is 7. The Labute approximate surface area is 167 Å². The molecule has 2 aromatic carbocycles. The Morgan fingerprint density at radius 2 is 2.03 bits per heavy atom. The van der Waals surface area contributed by atoms with Crippen LogP contribution in [0.5, 0.6) is 0 Å². The number of nitro benzene ring substituents is 1. The molecular formula is C18H13FN8O3. The number of carbonyl (C=O) groups excluding carboxylic acids is 1. The van der Waals surface area contributed by atoms with Crippen LogP contribution in [0.15, 0.2) is 55.1 Å². The minimum atomic E-state index is -0.596. The molecule has 150 valence electrons. The molecule has 0 spiro atoms. The van der Waals surface area contributed by atoms with Crippen LogP contribution in [0.3, 0.4) is 0 Å². The van der Waals surface area contributed by atoms with Crippen molar-refractivity contribution in [1.82, 2.24) is 29.8 Å². The van der Waals surface area contributed by atoms with Gasteiger partial charge in [0.15, 0.2) is 5.82 Å². The molecule has 0 unspecified atom stereocenters. The number of carbonyl (C=O) groups is 1. The Morgan fingerprint density at radius 1 is 1.20 bits per heavy atom. The van der Waals surface area contributed by atoms with Gasteiger partial charge in [-0.25, -0.2) is 9.37 Å². The van der Waals surface area contributed by atoms with Crippen LogP contribution in [0.2, 0.25) is 0 Å². The highest BCUT2D eigenvalue weighted by Crippen LogP contribution is 2.25. The first-order chi connectivity index (χ1) is 14.4. The first-order valence-electron chi connectivity index (χ1n) is 8.57. The number of tetrazole rings is 1. The number of hydrogen-bond donors (Lipinski definition) is 1. The fraction of sp³-hybridized carbons (Fsp3) is 0.0556. The van der Waals surface area contributed by atoms with Gasteiger partial charge in [-0.1, -0.05) is 0 Å². The van der Waals surface area contributed by atoms with Crippen molar-refractivity contribution in [3.8, 4) is 11.4 Å². The molecule has 2 heterocycles. The first kappa shape index (κ1) is 18.9. The summed E-state index contributed by atoms with van der Waals surface area (Å²) in [6.07, 6.45) is 4.47. The second-order valence-corrected chi connectivity index (χ2v) is 6.19. The summed E-state index contributed by atoms with van der Waals surface area (Å²) < 4.78 is 16.8. The zero-order chi connectivity index (χ0) is 21.3. The molecule has 0 aliphatic rings. The maximum Gasteiger partial charge on any atom is 0.294 e. The predicted molar refractivity (Wildman–Crippen MR) is 102 cm³/mol. The number of halogens is 1. The van der Waals surface area contributed by atoms with E-state index in [0.29, 0.717) is 5.82 Å². The molecule has 0 saturated heterocycles. The molecule has 0 radical (unpaired) electrons. The number of amides is 1. The normalized spacial score (nSPS) is 10.7. The molecule has 4 rings (SSSR count). The lowest BCUT2D eigenvalue weighted by molar-refractivity contribution is -0.384. The van der Waals surface area contributed by atoms with Gasteiger partial charge in [-0.05, 0) is 47.7 Å². The van der Waals surface area contributed by atoms with E-state index in [1.165, 1.54) is 52.1 Å². The summed E-state index contributed by atoms with van der Waals surface area (Å²) in [7, 11) is 0. The molecule has 0 fully saturated rings. The fourth-order valence-electron chi connectivity index (χ4n) is 2.84. The second kappa shape index (κ2) is 7.50. The van der Waals surface area contributed by atoms with Gasteiger partial charge in [0.05, 0.1) is 11.3 Å². The van der Waals surface area contributed by atoms with Crippen molar-refractivity contribution in [1.29, 1.82) is 0 Å². The Bertz CT molecular complexity index is 1250. The molecular weight excluding hydrogens is 395 g/mol. The molecule has 4 aromatic rings. The van der Waals surface area contributed by atoms with Gasteiger partial charge in [-0.15, -0.1) is 5.10 Å². The van der Waals surface area contributed by atoms with E-state index in [1.54, 1.807) is 13.1 Å². The molecule has 0 aliphatic heterocycles. The number of anilines is 1. The highest BCUT2D eigenvalue weighted by atomic mass is 19.1. The third-order valence-electron chi connectivity index (χ3n) is 4.27. The van der Waals surface area contributed by atoms with E-state index in [2.05, 4.69) is 25.8 Å². The summed E-state index contributed by atoms with van der Waals surface area (Å²) >= 11 is 0. The van der Waals surface area contributed by atoms with E-state index in [0.717, 1.165) is 6.07 Å². The van der Waals surface area contributed by atoms with E-state index in [1.807, 2.05) is 0 Å². The second-order valence-electron chi connectivity index (χ2n) is 6.19. The van der Waals surface area contributed by atoms with Gasteiger partial charge in [-0.2, -0.15) is 4.68 Å². The number of nitrogens with one attached hydrogen (secondary N) is 1. The van der Waals surface area contributed by atoms with E-state index in [-0.39, 0.29) is 28.3 Å². The molecule has 0 atom stereocenters. The maximum atomic E-state index is 14.2. The predicted octanol–water partition coefficient (Wildman–Crippen LogP) is 2.46. The van der Waals surface area contributed by atoms with Crippen molar-refractivity contribution in [3.63, 3.8) is 0 Å². The fourth-order valence-corrected chi connectivity index (χ4v) is 2.84. The maximum absolute atomic E-state index is 14.2. The number of aromatic nitrogens is 6. The van der Waals surface area contributed by atoms with E-state index in [4.69, 9.17) is 0 Å². The summed E-state index contributed by atoms with van der Waals surface area (Å²) in [5.41, 5.74) is 0.399. The summed E-state index contributed by atoms with van der Waals surface area (Å²) in [5, 5.41) is 25.0. The number of imidazole rings is 1. The smallest absolute Gasteiger partial charge is 0.294 e. The van der Waals surface area contributed by atoms with Gasteiger partial charge in [0.25, 0.3) is 11.6 Å². The highest BCUT2D eigenvalue weighted by molar-refractivity contribution is 6.05. The van der Waals surface area contributed by atoms with Gasteiger partial charge in [-0.3, -0.25) is 14.9 Å². The Morgan fingerprint density at radius 3 is 2.70 bits per heavy atom. The zero-order valence-electron chi connectivity index (χ0n) is 15.4. The standard InChI is InChI=1S/C18H13FN8O3/c1-11-22-23-24-26(11)16-9-13(3-4-14(16)19)21-18(28)12-2-5-15(17(8-12)27(29)30)25-7-6-20-10-25/h2-10H,1H3,(H,21,28). The number of benzene rings is 2. The average Bonchev–Trinajstić information content (AvgIpc) is 3.41. The Kier molecular flexibility index (Phi) is 4.72. The van der Waals surface area contributed by atoms with Crippen LogP contribution >= 0.6 is 0 Å². The monoisotopic (exact) mass is 408 g/mol. The first-order valence-corrected chi connectivity index (χ1v) is 8.57. The summed E-state index contributed by atoms with van der Waals surface area (Å²) in [4.78, 5) is 27.4. The van der Waals surface area contributed by atoms with Crippen molar-refractivity contribution in [2.45, 2.75) is 6.92 Å². The minimum Gasteiger partial charge on any atom is -0.322 e. The third kappa shape index (κ3) is 3.48. The molecule has 0 bridgehead atoms. The van der Waals surface area contributed by atoms with E-state index < -0.39 is 16.6 Å². The van der Waals surface area contributed by atoms with Crippen molar-refractivity contribution in [2.75, 3.05) is 5.32 Å². The van der Waals surface area contributed by atoms with Crippen molar-refractivity contribution < 1.29 is 14.1 Å². The number of rotatable bonds is 5. The third-order valence-corrected chi connectivity index (χ3v) is 4.27. The summed E-state index contributed by atoms with van der Waals surface area (Å²) in [6, 6.07) is 7.97. The molecule has 1 amide bonds.